The van der Waals surface area contributed by atoms with Crippen molar-refractivity contribution in [3.05, 3.63) is 17.7 Å². The molecule has 6 heteroatoms. The minimum atomic E-state index is 0.465. The molecule has 0 aliphatic carbocycles. The summed E-state index contributed by atoms with van der Waals surface area (Å²) < 4.78 is 21.3. The molecule has 1 aromatic rings. The van der Waals surface area contributed by atoms with Crippen molar-refractivity contribution in [1.82, 2.24) is 0 Å². The van der Waals surface area contributed by atoms with Crippen LogP contribution in [0, 0.1) is 0 Å². The van der Waals surface area contributed by atoms with Crippen molar-refractivity contribution in [2.75, 3.05) is 46.0 Å². The van der Waals surface area contributed by atoms with Crippen LogP contribution in [-0.4, -0.2) is 47.0 Å². The smallest absolute Gasteiger partial charge is 0.163 e. The van der Waals surface area contributed by atoms with Crippen molar-refractivity contribution < 1.29 is 18.9 Å². The lowest BCUT2D eigenvalue weighted by Crippen LogP contribution is -2.11. The number of nitrogens with one attached hydrogen (secondary N) is 1. The summed E-state index contributed by atoms with van der Waals surface area (Å²) >= 11 is 0. The Hall–Kier alpha value is -1.79. The normalized spacial score (nSPS) is 12.7. The Balaban J connectivity index is 1.90. The molecule has 0 saturated heterocycles. The van der Waals surface area contributed by atoms with Crippen LogP contribution in [0.1, 0.15) is 5.56 Å². The molecule has 0 spiro atoms. The maximum atomic E-state index is 5.70. The van der Waals surface area contributed by atoms with Gasteiger partial charge in [0.15, 0.2) is 11.5 Å². The predicted molar refractivity (Wildman–Crippen MR) is 77.0 cm³/mol. The molecular weight excluding hydrogens is 260 g/mol. The van der Waals surface area contributed by atoms with Crippen LogP contribution in [0.2, 0.25) is 0 Å². The monoisotopic (exact) mass is 280 g/mol. The van der Waals surface area contributed by atoms with Crippen LogP contribution in [-0.2, 0) is 16.0 Å². The van der Waals surface area contributed by atoms with E-state index in [0.29, 0.717) is 44.5 Å². The first-order valence-corrected chi connectivity index (χ1v) is 6.50. The number of methoxy groups -OCH3 is 2. The molecule has 1 N–H and O–H groups in total. The third-order valence-electron chi connectivity index (χ3n) is 2.88. The highest BCUT2D eigenvalue weighted by atomic mass is 16.5. The van der Waals surface area contributed by atoms with E-state index >= 15 is 0 Å². The van der Waals surface area contributed by atoms with Crippen molar-refractivity contribution in [3.8, 4) is 11.5 Å². The topological polar surface area (TPSA) is 61.3 Å². The highest BCUT2D eigenvalue weighted by Gasteiger charge is 2.12. The van der Waals surface area contributed by atoms with Gasteiger partial charge < -0.3 is 24.3 Å². The Morgan fingerprint density at radius 2 is 1.95 bits per heavy atom. The lowest BCUT2D eigenvalue weighted by Gasteiger charge is -2.17. The van der Waals surface area contributed by atoms with E-state index in [1.807, 2.05) is 12.1 Å². The Bertz CT molecular complexity index is 463. The van der Waals surface area contributed by atoms with E-state index in [-0.39, 0.29) is 0 Å². The molecule has 0 unspecified atom stereocenters. The Morgan fingerprint density at radius 1 is 1.10 bits per heavy atom. The third kappa shape index (κ3) is 3.85. The van der Waals surface area contributed by atoms with Crippen LogP contribution in [0.15, 0.2) is 17.1 Å². The highest BCUT2D eigenvalue weighted by Crippen LogP contribution is 2.34. The summed E-state index contributed by atoms with van der Waals surface area (Å²) in [5.74, 6) is 1.41. The van der Waals surface area contributed by atoms with Crippen molar-refractivity contribution >= 4 is 12.0 Å². The number of hydrogen-bond donors (Lipinski definition) is 1. The summed E-state index contributed by atoms with van der Waals surface area (Å²) in [6.07, 6.45) is 1.69. The second-order valence-electron chi connectivity index (χ2n) is 4.23. The zero-order valence-electron chi connectivity index (χ0n) is 11.8. The fraction of sp³-hybridized carbons (Fsp3) is 0.500. The highest BCUT2D eigenvalue weighted by molar-refractivity contribution is 5.81. The molecule has 0 aromatic heterocycles. The van der Waals surface area contributed by atoms with Crippen molar-refractivity contribution in [2.45, 2.75) is 6.54 Å². The number of benzene rings is 1. The van der Waals surface area contributed by atoms with Crippen molar-refractivity contribution in [1.29, 1.82) is 0 Å². The number of hydrogen-bond acceptors (Lipinski definition) is 6. The molecule has 20 heavy (non-hydrogen) atoms. The van der Waals surface area contributed by atoms with Gasteiger partial charge in [0.1, 0.15) is 6.61 Å². The molecule has 1 aliphatic heterocycles. The Labute approximate surface area is 118 Å². The second-order valence-corrected chi connectivity index (χ2v) is 4.23. The van der Waals surface area contributed by atoms with E-state index in [1.165, 1.54) is 0 Å². The Kier molecular flexibility index (Phi) is 5.64. The first-order valence-electron chi connectivity index (χ1n) is 6.50. The van der Waals surface area contributed by atoms with Crippen LogP contribution in [0.25, 0.3) is 0 Å². The standard InChI is InChI=1S/C14H20N2O4/c1-17-3-4-19-5-6-20-14-8-12-11(7-13(14)18-2)9-15-10-16-12/h7-8,10H,3-6,9H2,1-2H3,(H,15,16). The van der Waals surface area contributed by atoms with E-state index in [2.05, 4.69) is 10.3 Å². The van der Waals surface area contributed by atoms with Gasteiger partial charge in [0.05, 0.1) is 39.8 Å². The van der Waals surface area contributed by atoms with E-state index in [4.69, 9.17) is 18.9 Å². The molecule has 1 heterocycles. The van der Waals surface area contributed by atoms with Gasteiger partial charge >= 0.3 is 0 Å². The van der Waals surface area contributed by atoms with Gasteiger partial charge in [-0.05, 0) is 6.07 Å². The summed E-state index contributed by atoms with van der Waals surface area (Å²) in [6.45, 7) is 2.79. The van der Waals surface area contributed by atoms with Crippen LogP contribution in [0.4, 0.5) is 5.69 Å². The number of anilines is 1. The van der Waals surface area contributed by atoms with Crippen LogP contribution >= 0.6 is 0 Å². The van der Waals surface area contributed by atoms with E-state index < -0.39 is 0 Å². The summed E-state index contributed by atoms with van der Waals surface area (Å²) in [7, 11) is 3.28. The first kappa shape index (κ1) is 14.6. The average Bonchev–Trinajstić information content (AvgIpc) is 2.50. The minimum absolute atomic E-state index is 0.465. The van der Waals surface area contributed by atoms with Crippen molar-refractivity contribution in [2.24, 2.45) is 4.99 Å². The number of aliphatic imine (C=N–C) groups is 1. The number of nitrogens with zero attached hydrogens (tertiary/aromatic N) is 1. The summed E-state index contributed by atoms with van der Waals surface area (Å²) in [4.78, 5) is 4.16. The van der Waals surface area contributed by atoms with Crippen LogP contribution < -0.4 is 14.8 Å². The van der Waals surface area contributed by atoms with Gasteiger partial charge in [0, 0.05) is 24.4 Å². The average molecular weight is 280 g/mol. The molecule has 6 nitrogen and oxygen atoms in total. The predicted octanol–water partition coefficient (Wildman–Crippen LogP) is 1.69. The fourth-order valence-corrected chi connectivity index (χ4v) is 1.85. The summed E-state index contributed by atoms with van der Waals surface area (Å²) in [5, 5.41) is 3.10. The molecule has 0 saturated carbocycles. The minimum Gasteiger partial charge on any atom is -0.493 e. The molecule has 0 radical (unpaired) electrons. The molecule has 0 atom stereocenters. The molecular formula is C14H20N2O4. The zero-order chi connectivity index (χ0) is 14.2. The quantitative estimate of drug-likeness (QED) is 0.734. The van der Waals surface area contributed by atoms with Gasteiger partial charge in [-0.25, -0.2) is 0 Å². The van der Waals surface area contributed by atoms with Crippen LogP contribution in [0.5, 0.6) is 11.5 Å². The molecule has 2 rings (SSSR count). The number of fused-ring (bicyclic) bond motifs is 1. The molecule has 1 aromatic carbocycles. The fourth-order valence-electron chi connectivity index (χ4n) is 1.85. The maximum absolute atomic E-state index is 5.70. The van der Waals surface area contributed by atoms with Gasteiger partial charge in [-0.3, -0.25) is 4.99 Å². The lowest BCUT2D eigenvalue weighted by molar-refractivity contribution is 0.0540. The zero-order valence-corrected chi connectivity index (χ0v) is 11.8. The molecule has 0 fully saturated rings. The molecule has 1 aliphatic rings. The second kappa shape index (κ2) is 7.72. The Morgan fingerprint density at radius 3 is 2.75 bits per heavy atom. The molecule has 110 valence electrons. The van der Waals surface area contributed by atoms with Gasteiger partial charge in [-0.15, -0.1) is 0 Å². The largest absolute Gasteiger partial charge is 0.493 e. The third-order valence-corrected chi connectivity index (χ3v) is 2.88. The van der Waals surface area contributed by atoms with E-state index in [1.54, 1.807) is 20.6 Å². The van der Waals surface area contributed by atoms with Crippen molar-refractivity contribution in [3.63, 3.8) is 0 Å². The molecule has 0 amide bonds. The SMILES string of the molecule is COCCOCCOc1cc2c(cc1OC)CN=CN2. The first-order chi connectivity index (χ1) is 9.85. The summed E-state index contributed by atoms with van der Waals surface area (Å²) in [5.41, 5.74) is 2.09. The molecule has 0 bridgehead atoms. The number of ether oxygens (including phenoxy) is 4. The van der Waals surface area contributed by atoms with Gasteiger partial charge in [-0.1, -0.05) is 0 Å². The maximum Gasteiger partial charge on any atom is 0.163 e. The van der Waals surface area contributed by atoms with Gasteiger partial charge in [-0.2, -0.15) is 0 Å². The van der Waals surface area contributed by atoms with Gasteiger partial charge in [0.25, 0.3) is 0 Å². The van der Waals surface area contributed by atoms with Gasteiger partial charge in [0.2, 0.25) is 0 Å². The summed E-state index contributed by atoms with van der Waals surface area (Å²) in [6, 6.07) is 3.87. The van der Waals surface area contributed by atoms with Crippen LogP contribution in [0.3, 0.4) is 0 Å². The lowest BCUT2D eigenvalue weighted by atomic mass is 10.1. The van der Waals surface area contributed by atoms with E-state index in [9.17, 15) is 0 Å². The van der Waals surface area contributed by atoms with E-state index in [0.717, 1.165) is 11.3 Å². The number of rotatable bonds is 8.